The minimum absolute atomic E-state index is 0.115. The lowest BCUT2D eigenvalue weighted by Gasteiger charge is -2.41. The second-order valence-corrected chi connectivity index (χ2v) is 11.9. The predicted octanol–water partition coefficient (Wildman–Crippen LogP) is 2.54. The first-order valence-electron chi connectivity index (χ1n) is 13.8. The zero-order chi connectivity index (χ0) is 28.2. The van der Waals surface area contributed by atoms with Crippen LogP contribution in [0.4, 0.5) is 5.69 Å². The Balaban J connectivity index is 1.59. The van der Waals surface area contributed by atoms with Crippen molar-refractivity contribution >= 4 is 23.4 Å². The molecule has 0 aromatic heterocycles. The molecule has 210 valence electrons. The van der Waals surface area contributed by atoms with Crippen LogP contribution in [0.2, 0.25) is 0 Å². The van der Waals surface area contributed by atoms with E-state index in [2.05, 4.69) is 0 Å². The van der Waals surface area contributed by atoms with Crippen LogP contribution in [-0.4, -0.2) is 88.3 Å². The number of carbonyl (C=O) groups is 3. The van der Waals surface area contributed by atoms with E-state index in [1.165, 1.54) is 0 Å². The second-order valence-electron chi connectivity index (χ2n) is 11.9. The standard InChI is InChI=1S/C30H39N3O6/c1-6-38-21-12-10-20(11-13-21)31-16-7-14-29(5)22(25(31)35)23-26(36)32(17-9-19-34)24-27(37)33(28(2,3)4)18-8-15-30(23,24)39-29/h7-8,10-15,22-24,34H,6,9,16-19H2,1-5H3/t22-,23+,24?,29+,30+/m1/s1. The molecule has 1 unspecified atom stereocenters. The highest BCUT2D eigenvalue weighted by molar-refractivity contribution is 6.04. The van der Waals surface area contributed by atoms with Gasteiger partial charge in [-0.3, -0.25) is 14.4 Å². The van der Waals surface area contributed by atoms with Gasteiger partial charge in [0.25, 0.3) is 0 Å². The number of ether oxygens (including phenoxy) is 2. The molecule has 5 rings (SSSR count). The monoisotopic (exact) mass is 537 g/mol. The van der Waals surface area contributed by atoms with Gasteiger partial charge in [0.05, 0.1) is 24.0 Å². The van der Waals surface area contributed by atoms with Crippen LogP contribution in [0.1, 0.15) is 41.0 Å². The number of fused-ring (bicyclic) bond motifs is 2. The Morgan fingerprint density at radius 2 is 1.69 bits per heavy atom. The highest BCUT2D eigenvalue weighted by Crippen LogP contribution is 2.57. The highest BCUT2D eigenvalue weighted by atomic mass is 16.5. The fourth-order valence-corrected chi connectivity index (χ4v) is 6.73. The van der Waals surface area contributed by atoms with Crippen LogP contribution in [0.5, 0.6) is 5.75 Å². The summed E-state index contributed by atoms with van der Waals surface area (Å²) in [6.45, 7) is 11.0. The predicted molar refractivity (Wildman–Crippen MR) is 146 cm³/mol. The van der Waals surface area contributed by atoms with E-state index in [1.54, 1.807) is 14.7 Å². The van der Waals surface area contributed by atoms with Crippen molar-refractivity contribution < 1.29 is 29.0 Å². The van der Waals surface area contributed by atoms with Gasteiger partial charge in [-0.1, -0.05) is 24.3 Å². The van der Waals surface area contributed by atoms with Gasteiger partial charge in [0.2, 0.25) is 17.7 Å². The molecule has 4 heterocycles. The molecule has 39 heavy (non-hydrogen) atoms. The van der Waals surface area contributed by atoms with Gasteiger partial charge in [0.1, 0.15) is 17.4 Å². The molecular formula is C30H39N3O6. The second kappa shape index (κ2) is 9.78. The summed E-state index contributed by atoms with van der Waals surface area (Å²) < 4.78 is 12.4. The Hall–Kier alpha value is -3.17. The Bertz CT molecular complexity index is 1200. The minimum Gasteiger partial charge on any atom is -0.494 e. The smallest absolute Gasteiger partial charge is 0.249 e. The lowest BCUT2D eigenvalue weighted by atomic mass is 9.74. The van der Waals surface area contributed by atoms with Crippen LogP contribution in [0.15, 0.2) is 48.6 Å². The molecule has 9 heteroatoms. The minimum atomic E-state index is -1.30. The number of benzene rings is 1. The van der Waals surface area contributed by atoms with Crippen molar-refractivity contribution in [3.8, 4) is 5.75 Å². The maximum atomic E-state index is 14.4. The molecule has 4 aliphatic heterocycles. The van der Waals surface area contributed by atoms with E-state index in [4.69, 9.17) is 9.47 Å². The van der Waals surface area contributed by atoms with Crippen LogP contribution in [0, 0.1) is 11.8 Å². The summed E-state index contributed by atoms with van der Waals surface area (Å²) in [6, 6.07) is 6.41. The van der Waals surface area contributed by atoms with Gasteiger partial charge < -0.3 is 29.3 Å². The van der Waals surface area contributed by atoms with Gasteiger partial charge in [-0.2, -0.15) is 0 Å². The summed E-state index contributed by atoms with van der Waals surface area (Å²) in [5.74, 6) is -1.72. The molecule has 5 atom stereocenters. The number of hydrogen-bond acceptors (Lipinski definition) is 6. The Labute approximate surface area is 230 Å². The number of carbonyl (C=O) groups excluding carboxylic acids is 3. The number of likely N-dealkylation sites (tertiary alicyclic amines) is 1. The lowest BCUT2D eigenvalue weighted by molar-refractivity contribution is -0.154. The zero-order valence-electron chi connectivity index (χ0n) is 23.4. The molecule has 9 nitrogen and oxygen atoms in total. The number of hydrogen-bond donors (Lipinski definition) is 1. The lowest BCUT2D eigenvalue weighted by Crippen LogP contribution is -2.59. The highest BCUT2D eigenvalue weighted by Gasteiger charge is 2.74. The molecule has 2 saturated heterocycles. The molecule has 1 spiro atoms. The van der Waals surface area contributed by atoms with E-state index in [-0.39, 0.29) is 30.9 Å². The van der Waals surface area contributed by atoms with Gasteiger partial charge in [0, 0.05) is 37.5 Å². The van der Waals surface area contributed by atoms with Crippen LogP contribution in [-0.2, 0) is 19.1 Å². The summed E-state index contributed by atoms with van der Waals surface area (Å²) in [5.41, 5.74) is -2.17. The van der Waals surface area contributed by atoms with Crippen molar-refractivity contribution in [3.63, 3.8) is 0 Å². The fraction of sp³-hybridized carbons (Fsp3) is 0.567. The molecule has 2 fully saturated rings. The molecule has 0 bridgehead atoms. The molecule has 1 aromatic rings. The van der Waals surface area contributed by atoms with Crippen LogP contribution in [0.3, 0.4) is 0 Å². The maximum Gasteiger partial charge on any atom is 0.249 e. The van der Waals surface area contributed by atoms with Crippen molar-refractivity contribution in [2.24, 2.45) is 11.8 Å². The molecular weight excluding hydrogens is 498 g/mol. The first-order valence-corrected chi connectivity index (χ1v) is 13.8. The van der Waals surface area contributed by atoms with Crippen molar-refractivity contribution in [1.82, 2.24) is 9.80 Å². The number of rotatable bonds is 6. The van der Waals surface area contributed by atoms with E-state index in [0.717, 1.165) is 0 Å². The SMILES string of the molecule is CCOc1ccc(N2CC=C[C@]3(C)O[C@]45C=CCN(C(C)(C)C)C(=O)C4N(CCCO)C(=O)[C@@H]5[C@@H]3C2=O)cc1. The van der Waals surface area contributed by atoms with E-state index in [9.17, 15) is 19.5 Å². The van der Waals surface area contributed by atoms with E-state index in [0.29, 0.717) is 37.6 Å². The largest absolute Gasteiger partial charge is 0.494 e. The Morgan fingerprint density at radius 1 is 1.00 bits per heavy atom. The third-order valence-electron chi connectivity index (χ3n) is 8.38. The van der Waals surface area contributed by atoms with Crippen molar-refractivity contribution in [2.45, 2.75) is 63.8 Å². The molecule has 0 saturated carbocycles. The number of amides is 3. The van der Waals surface area contributed by atoms with E-state index < -0.39 is 34.6 Å². The Kier molecular flexibility index (Phi) is 6.87. The number of anilines is 1. The normalized spacial score (nSPS) is 32.2. The topological polar surface area (TPSA) is 99.6 Å². The number of nitrogens with zero attached hydrogens (tertiary/aromatic N) is 3. The van der Waals surface area contributed by atoms with Gasteiger partial charge in [-0.15, -0.1) is 0 Å². The van der Waals surface area contributed by atoms with Gasteiger partial charge in [0.15, 0.2) is 0 Å². The molecule has 4 aliphatic rings. The van der Waals surface area contributed by atoms with Crippen molar-refractivity contribution in [2.75, 3.05) is 37.7 Å². The van der Waals surface area contributed by atoms with Crippen molar-refractivity contribution in [1.29, 1.82) is 0 Å². The first kappa shape index (κ1) is 27.4. The summed E-state index contributed by atoms with van der Waals surface area (Å²) >= 11 is 0. The molecule has 1 aromatic carbocycles. The van der Waals surface area contributed by atoms with Gasteiger partial charge in [-0.05, 0) is 65.3 Å². The Morgan fingerprint density at radius 3 is 2.33 bits per heavy atom. The summed E-state index contributed by atoms with van der Waals surface area (Å²) in [6.07, 6.45) is 7.85. The first-order chi connectivity index (χ1) is 18.5. The van der Waals surface area contributed by atoms with Crippen LogP contribution >= 0.6 is 0 Å². The summed E-state index contributed by atoms with van der Waals surface area (Å²) in [4.78, 5) is 47.7. The van der Waals surface area contributed by atoms with E-state index >= 15 is 0 Å². The molecule has 0 radical (unpaired) electrons. The van der Waals surface area contributed by atoms with Gasteiger partial charge in [-0.25, -0.2) is 0 Å². The third kappa shape index (κ3) is 4.26. The molecule has 0 aliphatic carbocycles. The van der Waals surface area contributed by atoms with Crippen LogP contribution < -0.4 is 9.64 Å². The quantitative estimate of drug-likeness (QED) is 0.560. The average molecular weight is 538 g/mol. The summed E-state index contributed by atoms with van der Waals surface area (Å²) in [7, 11) is 0. The average Bonchev–Trinajstić information content (AvgIpc) is 3.13. The van der Waals surface area contributed by atoms with Crippen LogP contribution in [0.25, 0.3) is 0 Å². The maximum absolute atomic E-state index is 14.4. The third-order valence-corrected chi connectivity index (χ3v) is 8.38. The number of aliphatic hydroxyl groups excluding tert-OH is 1. The summed E-state index contributed by atoms with van der Waals surface area (Å²) in [5, 5.41) is 9.58. The van der Waals surface area contributed by atoms with Gasteiger partial charge >= 0.3 is 0 Å². The molecule has 1 N–H and O–H groups in total. The van der Waals surface area contributed by atoms with E-state index in [1.807, 2.05) is 83.2 Å². The zero-order valence-corrected chi connectivity index (χ0v) is 23.4. The van der Waals surface area contributed by atoms with Crippen molar-refractivity contribution in [3.05, 3.63) is 48.6 Å². The number of aliphatic hydroxyl groups is 1. The molecule has 3 amide bonds. The fourth-order valence-electron chi connectivity index (χ4n) is 6.73.